The second kappa shape index (κ2) is 3.26. The van der Waals surface area contributed by atoms with Crippen LogP contribution in [-0.2, 0) is 6.42 Å². The molecule has 0 unspecified atom stereocenters. The Morgan fingerprint density at radius 3 is 2.89 bits per heavy atom. The van der Waals surface area contributed by atoms with Gasteiger partial charge in [0.1, 0.15) is 5.82 Å². The predicted octanol–water partition coefficient (Wildman–Crippen LogP) is 1.97. The highest BCUT2D eigenvalue weighted by Crippen LogP contribution is 2.27. The lowest BCUT2D eigenvalue weighted by molar-refractivity contribution is 0.494. The lowest BCUT2D eigenvalue weighted by atomic mass is 9.84. The van der Waals surface area contributed by atoms with Crippen LogP contribution >= 0.6 is 0 Å². The zero-order chi connectivity index (χ0) is 13.2. The fourth-order valence-electron chi connectivity index (χ4n) is 2.97. The molecule has 1 aliphatic carbocycles. The highest BCUT2D eigenvalue weighted by Gasteiger charge is 2.24. The van der Waals surface area contributed by atoms with Crippen molar-refractivity contribution in [3.8, 4) is 0 Å². The van der Waals surface area contributed by atoms with Gasteiger partial charge in [-0.3, -0.25) is 0 Å². The number of aromatic nitrogens is 3. The van der Waals surface area contributed by atoms with E-state index in [-0.39, 0.29) is 11.2 Å². The van der Waals surface area contributed by atoms with Crippen molar-refractivity contribution in [1.82, 2.24) is 15.2 Å². The molecule has 0 atom stereocenters. The van der Waals surface area contributed by atoms with Gasteiger partial charge >= 0.3 is 0 Å². The average molecular weight is 253 g/mol. The minimum Gasteiger partial charge on any atom is -0.248 e. The second-order valence-corrected chi connectivity index (χ2v) is 5.86. The predicted molar refractivity (Wildman–Crippen MR) is 69.8 cm³/mol. The first-order valence-electron chi connectivity index (χ1n) is 6.30. The molecule has 19 heavy (non-hydrogen) atoms. The topological polar surface area (TPSA) is 38.7 Å². The molecule has 0 amide bonds. The molecule has 0 aromatic heterocycles. The fraction of sp³-hybridized carbons (Fsp3) is 0.267. The number of nitrogens with zero attached hydrogens (tertiary/aromatic N) is 3. The SMILES string of the molecule is CC1(C)C=c2nc3cc(F)cc4cnnc(c2=c43)C1. The van der Waals surface area contributed by atoms with Gasteiger partial charge in [-0.2, -0.15) is 10.2 Å². The molecule has 0 spiro atoms. The Kier molecular flexibility index (Phi) is 1.85. The van der Waals surface area contributed by atoms with Crippen molar-refractivity contribution in [2.75, 3.05) is 0 Å². The Balaban J connectivity index is 2.40. The largest absolute Gasteiger partial charge is 0.248 e. The zero-order valence-electron chi connectivity index (χ0n) is 10.7. The van der Waals surface area contributed by atoms with Crippen LogP contribution in [0, 0.1) is 21.7 Å². The van der Waals surface area contributed by atoms with E-state index in [1.807, 2.05) is 0 Å². The van der Waals surface area contributed by atoms with Gasteiger partial charge < -0.3 is 0 Å². The lowest BCUT2D eigenvalue weighted by Crippen LogP contribution is -2.24. The summed E-state index contributed by atoms with van der Waals surface area (Å²) in [6, 6.07) is 2.97. The van der Waals surface area contributed by atoms with Gasteiger partial charge in [-0.25, -0.2) is 9.37 Å². The van der Waals surface area contributed by atoms with Crippen LogP contribution < -0.4 is 5.35 Å². The molecule has 0 saturated heterocycles. The third kappa shape index (κ3) is 1.46. The number of halogens is 1. The number of hydrogen-bond acceptors (Lipinski definition) is 3. The van der Waals surface area contributed by atoms with Crippen LogP contribution in [0.1, 0.15) is 19.5 Å². The summed E-state index contributed by atoms with van der Waals surface area (Å²) in [4.78, 5) is 4.56. The standard InChI is InChI=1S/C15H12FN3/c1-15(2)5-11-14-12(6-15)19-17-7-8-3-9(16)4-10(18-11)13(8)14/h3-5,7H,6H2,1-2H3. The molecule has 4 heteroatoms. The van der Waals surface area contributed by atoms with Crippen LogP contribution in [0.5, 0.6) is 0 Å². The van der Waals surface area contributed by atoms with Gasteiger partial charge in [-0.05, 0) is 11.5 Å². The number of rotatable bonds is 0. The molecule has 4 rings (SSSR count). The van der Waals surface area contributed by atoms with Gasteiger partial charge in [0, 0.05) is 28.3 Å². The van der Waals surface area contributed by atoms with Crippen LogP contribution in [0.3, 0.4) is 0 Å². The van der Waals surface area contributed by atoms with Gasteiger partial charge in [0.15, 0.2) is 0 Å². The molecular weight excluding hydrogens is 241 g/mol. The first-order chi connectivity index (χ1) is 9.03. The van der Waals surface area contributed by atoms with E-state index in [0.29, 0.717) is 5.52 Å². The summed E-state index contributed by atoms with van der Waals surface area (Å²) >= 11 is 0. The minimum absolute atomic E-state index is 0.00176. The van der Waals surface area contributed by atoms with E-state index in [4.69, 9.17) is 0 Å². The van der Waals surface area contributed by atoms with Crippen LogP contribution in [0.15, 0.2) is 18.3 Å². The third-order valence-corrected chi connectivity index (χ3v) is 3.67. The van der Waals surface area contributed by atoms with Crippen LogP contribution in [0.25, 0.3) is 17.0 Å². The first-order valence-corrected chi connectivity index (χ1v) is 6.30. The summed E-state index contributed by atoms with van der Waals surface area (Å²) in [6.07, 6.45) is 4.59. The Morgan fingerprint density at radius 1 is 1.21 bits per heavy atom. The molecule has 0 radical (unpaired) electrons. The summed E-state index contributed by atoms with van der Waals surface area (Å²) in [5.41, 5.74) is 1.64. The molecule has 0 N–H and O–H groups in total. The van der Waals surface area contributed by atoms with E-state index in [9.17, 15) is 4.39 Å². The molecule has 2 aliphatic heterocycles. The van der Waals surface area contributed by atoms with Crippen molar-refractivity contribution in [2.45, 2.75) is 20.3 Å². The van der Waals surface area contributed by atoms with Crippen molar-refractivity contribution < 1.29 is 4.39 Å². The molecule has 1 aromatic carbocycles. The fourth-order valence-corrected chi connectivity index (χ4v) is 2.97. The Labute approximate surface area is 108 Å². The molecule has 94 valence electrons. The highest BCUT2D eigenvalue weighted by atomic mass is 19.1. The summed E-state index contributed by atoms with van der Waals surface area (Å²) in [6.45, 7) is 4.29. The zero-order valence-corrected chi connectivity index (χ0v) is 10.7. The molecule has 2 heterocycles. The summed E-state index contributed by atoms with van der Waals surface area (Å²) in [5.74, 6) is -0.286. The van der Waals surface area contributed by atoms with Gasteiger partial charge in [-0.15, -0.1) is 0 Å². The quantitative estimate of drug-likeness (QED) is 0.615. The molecule has 0 bridgehead atoms. The monoisotopic (exact) mass is 253 g/mol. The Morgan fingerprint density at radius 2 is 2.05 bits per heavy atom. The average Bonchev–Trinajstić information content (AvgIpc) is 2.53. The molecule has 0 saturated carbocycles. The maximum atomic E-state index is 13.6. The summed E-state index contributed by atoms with van der Waals surface area (Å²) in [7, 11) is 0. The molecular formula is C15H12FN3. The maximum absolute atomic E-state index is 13.6. The van der Waals surface area contributed by atoms with E-state index >= 15 is 0 Å². The van der Waals surface area contributed by atoms with Crippen molar-refractivity contribution in [3.63, 3.8) is 0 Å². The minimum atomic E-state index is -0.286. The molecule has 1 aromatic rings. The normalized spacial score (nSPS) is 16.8. The molecule has 0 fully saturated rings. The smallest absolute Gasteiger partial charge is 0.126 e. The van der Waals surface area contributed by atoms with E-state index in [2.05, 4.69) is 35.1 Å². The van der Waals surface area contributed by atoms with E-state index in [1.54, 1.807) is 6.20 Å². The van der Waals surface area contributed by atoms with E-state index in [0.717, 1.165) is 33.3 Å². The Bertz CT molecular complexity index is 930. The van der Waals surface area contributed by atoms with Gasteiger partial charge in [0.25, 0.3) is 0 Å². The van der Waals surface area contributed by atoms with Crippen molar-refractivity contribution in [1.29, 1.82) is 0 Å². The highest BCUT2D eigenvalue weighted by molar-refractivity contribution is 5.68. The van der Waals surface area contributed by atoms with Crippen molar-refractivity contribution >= 4 is 17.0 Å². The summed E-state index contributed by atoms with van der Waals surface area (Å²) in [5, 5.41) is 12.0. The van der Waals surface area contributed by atoms with Gasteiger partial charge in [-0.1, -0.05) is 19.9 Å². The number of benzene rings is 1. The molecule has 3 nitrogen and oxygen atoms in total. The lowest BCUT2D eigenvalue weighted by Gasteiger charge is -2.21. The van der Waals surface area contributed by atoms with Crippen molar-refractivity contribution in [2.24, 2.45) is 5.41 Å². The Hall–Kier alpha value is -2.10. The van der Waals surface area contributed by atoms with Crippen LogP contribution in [0.2, 0.25) is 0 Å². The van der Waals surface area contributed by atoms with E-state index < -0.39 is 0 Å². The first kappa shape index (κ1) is 10.8. The van der Waals surface area contributed by atoms with Crippen molar-refractivity contribution in [3.05, 3.63) is 45.6 Å². The van der Waals surface area contributed by atoms with E-state index in [1.165, 1.54) is 12.1 Å². The third-order valence-electron chi connectivity index (χ3n) is 3.67. The number of hydrogen-bond donors (Lipinski definition) is 0. The van der Waals surface area contributed by atoms with Gasteiger partial charge in [0.05, 0.1) is 22.8 Å². The second-order valence-electron chi connectivity index (χ2n) is 5.86. The summed E-state index contributed by atoms with van der Waals surface area (Å²) < 4.78 is 13.6. The van der Waals surface area contributed by atoms with Crippen LogP contribution in [0.4, 0.5) is 4.39 Å². The maximum Gasteiger partial charge on any atom is 0.126 e. The van der Waals surface area contributed by atoms with Gasteiger partial charge in [0.2, 0.25) is 0 Å². The molecule has 3 aliphatic rings. The van der Waals surface area contributed by atoms with Crippen LogP contribution in [-0.4, -0.2) is 15.2 Å².